The Bertz CT molecular complexity index is 360. The molecule has 0 fully saturated rings. The topological polar surface area (TPSA) is 78.0 Å². The number of carbonyl (C=O) groups is 1. The fourth-order valence-corrected chi connectivity index (χ4v) is 1.28. The molecule has 1 aromatic heterocycles. The Morgan fingerprint density at radius 2 is 2.46 bits per heavy atom. The first-order valence-corrected chi connectivity index (χ1v) is 4.17. The van der Waals surface area contributed by atoms with Crippen LogP contribution < -0.4 is 0 Å². The van der Waals surface area contributed by atoms with Crippen LogP contribution in [0, 0.1) is 10.1 Å². The molecule has 1 aromatic rings. The first-order valence-electron chi connectivity index (χ1n) is 3.37. The van der Waals surface area contributed by atoms with E-state index >= 15 is 0 Å². The summed E-state index contributed by atoms with van der Waals surface area (Å²) in [6.45, 7) is 1.44. The lowest BCUT2D eigenvalue weighted by molar-refractivity contribution is -0.390. The van der Waals surface area contributed by atoms with Gasteiger partial charge in [0.1, 0.15) is 11.0 Å². The van der Waals surface area contributed by atoms with E-state index in [0.29, 0.717) is 0 Å². The van der Waals surface area contributed by atoms with Crippen molar-refractivity contribution in [2.45, 2.75) is 13.5 Å². The Hall–Kier alpha value is -1.24. The molecule has 0 spiro atoms. The Labute approximate surface area is 81.8 Å². The molecule has 70 valence electrons. The summed E-state index contributed by atoms with van der Waals surface area (Å²) in [6, 6.07) is 0. The van der Waals surface area contributed by atoms with Gasteiger partial charge in [0.2, 0.25) is 0 Å². The summed E-state index contributed by atoms with van der Waals surface area (Å²) >= 11 is 2.97. The van der Waals surface area contributed by atoms with E-state index in [9.17, 15) is 14.9 Å². The number of nitrogens with zero attached hydrogens (tertiary/aromatic N) is 3. The number of halogens is 1. The predicted octanol–water partition coefficient (Wildman–Crippen LogP) is 1.14. The Balaban J connectivity index is 2.95. The van der Waals surface area contributed by atoms with Crippen LogP contribution in [0.2, 0.25) is 0 Å². The lowest BCUT2D eigenvalue weighted by Gasteiger charge is -1.88. The third kappa shape index (κ3) is 2.35. The molecule has 0 aromatic carbocycles. The van der Waals surface area contributed by atoms with Crippen molar-refractivity contribution in [1.82, 2.24) is 9.78 Å². The highest BCUT2D eigenvalue weighted by Crippen LogP contribution is 2.21. The van der Waals surface area contributed by atoms with Gasteiger partial charge in [-0.3, -0.25) is 4.79 Å². The molecule has 0 radical (unpaired) electrons. The number of Topliss-reactive ketones (excluding diaryl/α,β-unsaturated/α-hetero) is 1. The highest BCUT2D eigenvalue weighted by molar-refractivity contribution is 9.10. The van der Waals surface area contributed by atoms with Crippen LogP contribution in [-0.4, -0.2) is 20.5 Å². The number of nitro groups is 1. The minimum absolute atomic E-state index is 0.0481. The van der Waals surface area contributed by atoms with Gasteiger partial charge in [0, 0.05) is 0 Å². The second kappa shape index (κ2) is 3.65. The molecule has 0 N–H and O–H groups in total. The molecule has 7 heteroatoms. The fourth-order valence-electron chi connectivity index (χ4n) is 0.820. The molecule has 0 bridgehead atoms. The van der Waals surface area contributed by atoms with Crippen molar-refractivity contribution in [2.24, 2.45) is 0 Å². The monoisotopic (exact) mass is 247 g/mol. The first-order chi connectivity index (χ1) is 6.00. The molecular formula is C6H6BrN3O3. The standard InChI is InChI=1S/C6H6BrN3O3/c1-4(11)2-9-3-5(7)6(8-9)10(12)13/h3H,2H2,1H3. The number of hydrogen-bond donors (Lipinski definition) is 0. The SMILES string of the molecule is CC(=O)Cn1cc(Br)c([N+](=O)[O-])n1. The van der Waals surface area contributed by atoms with Crippen molar-refractivity contribution in [1.29, 1.82) is 0 Å². The van der Waals surface area contributed by atoms with E-state index in [1.165, 1.54) is 17.8 Å². The van der Waals surface area contributed by atoms with Gasteiger partial charge < -0.3 is 10.1 Å². The molecule has 0 aliphatic rings. The van der Waals surface area contributed by atoms with Crippen molar-refractivity contribution in [3.63, 3.8) is 0 Å². The maximum Gasteiger partial charge on any atom is 0.404 e. The molecule has 1 heterocycles. The van der Waals surface area contributed by atoms with Crippen molar-refractivity contribution in [3.05, 3.63) is 20.8 Å². The molecule has 0 aliphatic heterocycles. The second-order valence-electron chi connectivity index (χ2n) is 2.46. The molecule has 0 atom stereocenters. The lowest BCUT2D eigenvalue weighted by Crippen LogP contribution is -2.06. The molecule has 0 unspecified atom stereocenters. The van der Waals surface area contributed by atoms with E-state index in [-0.39, 0.29) is 22.6 Å². The second-order valence-corrected chi connectivity index (χ2v) is 3.31. The number of carbonyl (C=O) groups excluding carboxylic acids is 1. The summed E-state index contributed by atoms with van der Waals surface area (Å²) in [5.41, 5.74) is 0. The normalized spacial score (nSPS) is 10.0. The number of rotatable bonds is 3. The fraction of sp³-hybridized carbons (Fsp3) is 0.333. The molecular weight excluding hydrogens is 242 g/mol. The van der Waals surface area contributed by atoms with Crippen LogP contribution in [0.15, 0.2) is 10.7 Å². The maximum absolute atomic E-state index is 10.7. The zero-order valence-electron chi connectivity index (χ0n) is 6.73. The van der Waals surface area contributed by atoms with E-state index < -0.39 is 4.92 Å². The first kappa shape index (κ1) is 9.85. The summed E-state index contributed by atoms with van der Waals surface area (Å²) in [4.78, 5) is 20.4. The molecule has 13 heavy (non-hydrogen) atoms. The Kier molecular flexibility index (Phi) is 2.76. The third-order valence-corrected chi connectivity index (χ3v) is 1.82. The molecule has 6 nitrogen and oxygen atoms in total. The number of ketones is 1. The molecule has 0 amide bonds. The summed E-state index contributed by atoms with van der Waals surface area (Å²) < 4.78 is 1.50. The van der Waals surface area contributed by atoms with Crippen molar-refractivity contribution in [3.8, 4) is 0 Å². The van der Waals surface area contributed by atoms with Gasteiger partial charge in [-0.2, -0.15) is 4.68 Å². The summed E-state index contributed by atoms with van der Waals surface area (Å²) in [7, 11) is 0. The van der Waals surface area contributed by atoms with Crippen LogP contribution in [0.4, 0.5) is 5.82 Å². The zero-order valence-corrected chi connectivity index (χ0v) is 8.31. The van der Waals surface area contributed by atoms with Crippen LogP contribution in [0.25, 0.3) is 0 Å². The molecule has 0 saturated carbocycles. The Morgan fingerprint density at radius 1 is 1.85 bits per heavy atom. The van der Waals surface area contributed by atoms with Crippen LogP contribution in [0.5, 0.6) is 0 Å². The van der Waals surface area contributed by atoms with Crippen LogP contribution >= 0.6 is 15.9 Å². The van der Waals surface area contributed by atoms with Crippen molar-refractivity contribution >= 4 is 27.5 Å². The lowest BCUT2D eigenvalue weighted by atomic mass is 10.4. The van der Waals surface area contributed by atoms with Crippen LogP contribution in [0.3, 0.4) is 0 Å². The van der Waals surface area contributed by atoms with E-state index in [1.54, 1.807) is 0 Å². The quantitative estimate of drug-likeness (QED) is 0.593. The van der Waals surface area contributed by atoms with E-state index in [0.717, 1.165) is 0 Å². The van der Waals surface area contributed by atoms with Gasteiger partial charge in [-0.05, 0) is 27.8 Å². The largest absolute Gasteiger partial charge is 0.404 e. The van der Waals surface area contributed by atoms with E-state index in [4.69, 9.17) is 0 Å². The minimum atomic E-state index is -0.610. The predicted molar refractivity (Wildman–Crippen MR) is 47.3 cm³/mol. The molecule has 0 aliphatic carbocycles. The molecule has 1 rings (SSSR count). The number of aromatic nitrogens is 2. The van der Waals surface area contributed by atoms with Crippen LogP contribution in [0.1, 0.15) is 6.92 Å². The van der Waals surface area contributed by atoms with Gasteiger partial charge in [0.15, 0.2) is 5.78 Å². The summed E-state index contributed by atoms with van der Waals surface area (Å²) in [5.74, 6) is -0.383. The highest BCUT2D eigenvalue weighted by atomic mass is 79.9. The Morgan fingerprint density at radius 3 is 2.85 bits per heavy atom. The minimum Gasteiger partial charge on any atom is -0.358 e. The van der Waals surface area contributed by atoms with Crippen molar-refractivity contribution in [2.75, 3.05) is 0 Å². The van der Waals surface area contributed by atoms with Crippen LogP contribution in [-0.2, 0) is 11.3 Å². The maximum atomic E-state index is 10.7. The van der Waals surface area contributed by atoms with E-state index in [2.05, 4.69) is 21.0 Å². The summed E-state index contributed by atoms with van der Waals surface area (Å²) in [6.07, 6.45) is 1.40. The van der Waals surface area contributed by atoms with Gasteiger partial charge >= 0.3 is 5.82 Å². The molecule has 0 saturated heterocycles. The van der Waals surface area contributed by atoms with Gasteiger partial charge in [0.05, 0.1) is 11.3 Å². The average molecular weight is 248 g/mol. The highest BCUT2D eigenvalue weighted by Gasteiger charge is 2.18. The van der Waals surface area contributed by atoms with Gasteiger partial charge in [-0.25, -0.2) is 0 Å². The third-order valence-electron chi connectivity index (χ3n) is 1.26. The van der Waals surface area contributed by atoms with E-state index in [1.807, 2.05) is 0 Å². The summed E-state index contributed by atoms with van der Waals surface area (Å²) in [5, 5.41) is 13.9. The average Bonchev–Trinajstić information content (AvgIpc) is 2.29. The smallest absolute Gasteiger partial charge is 0.358 e. The van der Waals surface area contributed by atoms with Gasteiger partial charge in [-0.1, -0.05) is 0 Å². The van der Waals surface area contributed by atoms with Crippen molar-refractivity contribution < 1.29 is 9.72 Å². The number of hydrogen-bond acceptors (Lipinski definition) is 4. The zero-order chi connectivity index (χ0) is 10.0. The van der Waals surface area contributed by atoms with Gasteiger partial charge in [0.25, 0.3) is 0 Å². The van der Waals surface area contributed by atoms with Gasteiger partial charge in [-0.15, -0.1) is 0 Å².